The van der Waals surface area contributed by atoms with E-state index in [0.29, 0.717) is 11.5 Å². The van der Waals surface area contributed by atoms with Gasteiger partial charge in [-0.1, -0.05) is 64.0 Å². The van der Waals surface area contributed by atoms with E-state index < -0.39 is 0 Å². The quantitative estimate of drug-likeness (QED) is 0.478. The highest BCUT2D eigenvalue weighted by Gasteiger charge is 2.19. The van der Waals surface area contributed by atoms with Crippen molar-refractivity contribution >= 4 is 27.5 Å². The Kier molecular flexibility index (Phi) is 5.04. The van der Waals surface area contributed by atoms with Crippen molar-refractivity contribution in [2.45, 2.75) is 6.92 Å². The zero-order valence-corrected chi connectivity index (χ0v) is 16.7. The average Bonchev–Trinajstić information content (AvgIpc) is 3.16. The minimum Gasteiger partial charge on any atom is -0.319 e. The van der Waals surface area contributed by atoms with E-state index in [2.05, 4.69) is 31.3 Å². The van der Waals surface area contributed by atoms with Gasteiger partial charge in [-0.25, -0.2) is 9.67 Å². The van der Waals surface area contributed by atoms with Gasteiger partial charge in [-0.2, -0.15) is 0 Å². The molecule has 1 heterocycles. The molecule has 0 spiro atoms. The molecule has 0 bridgehead atoms. The van der Waals surface area contributed by atoms with Crippen LogP contribution in [0.15, 0.2) is 83.3 Å². The van der Waals surface area contributed by atoms with E-state index in [1.807, 2.05) is 85.8 Å². The van der Waals surface area contributed by atoms with E-state index in [0.717, 1.165) is 21.3 Å². The molecule has 0 atom stereocenters. The first-order valence-corrected chi connectivity index (χ1v) is 9.56. The fraction of sp³-hybridized carbons (Fsp3) is 0.0455. The van der Waals surface area contributed by atoms with Crippen molar-refractivity contribution in [3.05, 3.63) is 94.7 Å². The number of hydrogen-bond acceptors (Lipinski definition) is 3. The molecule has 1 N–H and O–H groups in total. The molecule has 4 aromatic rings. The van der Waals surface area contributed by atoms with Crippen molar-refractivity contribution in [1.29, 1.82) is 0 Å². The Labute approximate surface area is 171 Å². The fourth-order valence-corrected chi connectivity index (χ4v) is 3.03. The van der Waals surface area contributed by atoms with Crippen LogP contribution in [-0.4, -0.2) is 20.7 Å². The molecule has 0 aliphatic heterocycles. The van der Waals surface area contributed by atoms with Crippen LogP contribution in [0.3, 0.4) is 0 Å². The molecule has 138 valence electrons. The summed E-state index contributed by atoms with van der Waals surface area (Å²) in [7, 11) is 0. The van der Waals surface area contributed by atoms with Crippen LogP contribution in [0.5, 0.6) is 0 Å². The van der Waals surface area contributed by atoms with Crippen molar-refractivity contribution in [1.82, 2.24) is 14.8 Å². The van der Waals surface area contributed by atoms with Crippen LogP contribution in [0.2, 0.25) is 0 Å². The number of rotatable bonds is 4. The lowest BCUT2D eigenvalue weighted by Gasteiger charge is -2.05. The predicted octanol–water partition coefficient (Wildman–Crippen LogP) is 5.26. The number of nitrogens with zero attached hydrogens (tertiary/aromatic N) is 3. The molecule has 3 aromatic carbocycles. The molecule has 0 unspecified atom stereocenters. The van der Waals surface area contributed by atoms with Crippen LogP contribution in [0.1, 0.15) is 16.2 Å². The predicted molar refractivity (Wildman–Crippen MR) is 114 cm³/mol. The van der Waals surface area contributed by atoms with Crippen LogP contribution in [0.25, 0.3) is 17.1 Å². The zero-order chi connectivity index (χ0) is 19.5. The second kappa shape index (κ2) is 7.78. The summed E-state index contributed by atoms with van der Waals surface area (Å²) in [5.74, 6) is 0.372. The van der Waals surface area contributed by atoms with Crippen LogP contribution < -0.4 is 5.32 Å². The van der Waals surface area contributed by atoms with Crippen LogP contribution in [-0.2, 0) is 0 Å². The largest absolute Gasteiger partial charge is 0.319 e. The number of aromatic nitrogens is 3. The number of amides is 1. The Bertz CT molecular complexity index is 1100. The number of hydrogen-bond donors (Lipinski definition) is 1. The Morgan fingerprint density at radius 2 is 1.61 bits per heavy atom. The van der Waals surface area contributed by atoms with Gasteiger partial charge in [-0.05, 0) is 43.3 Å². The van der Waals surface area contributed by atoms with Crippen molar-refractivity contribution in [2.75, 3.05) is 5.32 Å². The molecule has 0 aliphatic carbocycles. The molecule has 1 amide bonds. The minimum absolute atomic E-state index is 0.113. The lowest BCUT2D eigenvalue weighted by atomic mass is 10.2. The second-order valence-corrected chi connectivity index (χ2v) is 7.25. The topological polar surface area (TPSA) is 59.8 Å². The Morgan fingerprint density at radius 3 is 2.29 bits per heavy atom. The maximum Gasteiger partial charge on any atom is 0.295 e. The zero-order valence-electron chi connectivity index (χ0n) is 15.1. The normalized spacial score (nSPS) is 10.6. The number of aryl methyl sites for hydroxylation is 1. The van der Waals surface area contributed by atoms with E-state index in [1.54, 1.807) is 4.68 Å². The second-order valence-electron chi connectivity index (χ2n) is 6.33. The monoisotopic (exact) mass is 432 g/mol. The highest BCUT2D eigenvalue weighted by molar-refractivity contribution is 9.10. The summed E-state index contributed by atoms with van der Waals surface area (Å²) >= 11 is 3.44. The van der Waals surface area contributed by atoms with Gasteiger partial charge in [-0.15, -0.1) is 5.10 Å². The summed E-state index contributed by atoms with van der Waals surface area (Å²) in [5.41, 5.74) is 3.54. The van der Waals surface area contributed by atoms with Crippen LogP contribution in [0.4, 0.5) is 5.69 Å². The molecule has 4 rings (SSSR count). The summed E-state index contributed by atoms with van der Waals surface area (Å²) in [6.45, 7) is 2.00. The standard InChI is InChI=1S/C22H17BrN4O/c1-15-7-11-18(12-8-15)24-22(28)20-25-21(16-5-3-2-4-6-16)27(26-20)19-13-9-17(23)10-14-19/h2-14H,1H3,(H,24,28). The van der Waals surface area contributed by atoms with Crippen LogP contribution >= 0.6 is 15.9 Å². The Morgan fingerprint density at radius 1 is 0.929 bits per heavy atom. The molecule has 0 saturated heterocycles. The first kappa shape index (κ1) is 18.1. The Balaban J connectivity index is 1.73. The summed E-state index contributed by atoms with van der Waals surface area (Å²) in [5, 5.41) is 7.33. The van der Waals surface area contributed by atoms with E-state index in [1.165, 1.54) is 0 Å². The third-order valence-corrected chi connectivity index (χ3v) is 4.75. The maximum atomic E-state index is 12.7. The molecule has 6 heteroatoms. The maximum absolute atomic E-state index is 12.7. The van der Waals surface area contributed by atoms with Gasteiger partial charge in [0.25, 0.3) is 5.91 Å². The first-order chi connectivity index (χ1) is 13.6. The van der Waals surface area contributed by atoms with Crippen molar-refractivity contribution < 1.29 is 4.79 Å². The first-order valence-electron chi connectivity index (χ1n) is 8.76. The number of halogens is 1. The highest BCUT2D eigenvalue weighted by Crippen LogP contribution is 2.22. The molecule has 0 saturated carbocycles. The molecule has 0 fully saturated rings. The third-order valence-electron chi connectivity index (χ3n) is 4.22. The van der Waals surface area contributed by atoms with Gasteiger partial charge in [0.15, 0.2) is 5.82 Å². The third kappa shape index (κ3) is 3.87. The number of carbonyl (C=O) groups excluding carboxylic acids is 1. The lowest BCUT2D eigenvalue weighted by Crippen LogP contribution is -2.14. The van der Waals surface area contributed by atoms with Crippen molar-refractivity contribution in [2.24, 2.45) is 0 Å². The molecule has 5 nitrogen and oxygen atoms in total. The van der Waals surface area contributed by atoms with Gasteiger partial charge in [0.2, 0.25) is 5.82 Å². The molecule has 0 aliphatic rings. The SMILES string of the molecule is Cc1ccc(NC(=O)c2nc(-c3ccccc3)n(-c3ccc(Br)cc3)n2)cc1. The molecule has 0 radical (unpaired) electrons. The van der Waals surface area contributed by atoms with Gasteiger partial charge in [0.05, 0.1) is 5.69 Å². The highest BCUT2D eigenvalue weighted by atomic mass is 79.9. The lowest BCUT2D eigenvalue weighted by molar-refractivity contribution is 0.101. The number of benzene rings is 3. The molecular formula is C22H17BrN4O. The smallest absolute Gasteiger partial charge is 0.295 e. The van der Waals surface area contributed by atoms with Crippen LogP contribution in [0, 0.1) is 6.92 Å². The molecule has 1 aromatic heterocycles. The summed E-state index contributed by atoms with van der Waals surface area (Å²) in [6, 6.07) is 25.0. The summed E-state index contributed by atoms with van der Waals surface area (Å²) < 4.78 is 2.65. The Hall–Kier alpha value is -3.25. The number of anilines is 1. The van der Waals surface area contributed by atoms with Gasteiger partial charge in [0.1, 0.15) is 0 Å². The van der Waals surface area contributed by atoms with E-state index >= 15 is 0 Å². The van der Waals surface area contributed by atoms with Gasteiger partial charge >= 0.3 is 0 Å². The van der Waals surface area contributed by atoms with Gasteiger partial charge in [-0.3, -0.25) is 4.79 Å². The minimum atomic E-state index is -0.350. The van der Waals surface area contributed by atoms with E-state index in [9.17, 15) is 4.79 Å². The van der Waals surface area contributed by atoms with Gasteiger partial charge < -0.3 is 5.32 Å². The number of nitrogens with one attached hydrogen (secondary N) is 1. The fourth-order valence-electron chi connectivity index (χ4n) is 2.77. The summed E-state index contributed by atoms with van der Waals surface area (Å²) in [6.07, 6.45) is 0. The van der Waals surface area contributed by atoms with Gasteiger partial charge in [0, 0.05) is 15.7 Å². The molecule has 28 heavy (non-hydrogen) atoms. The summed E-state index contributed by atoms with van der Waals surface area (Å²) in [4.78, 5) is 17.2. The molecular weight excluding hydrogens is 416 g/mol. The van der Waals surface area contributed by atoms with E-state index in [4.69, 9.17) is 0 Å². The number of carbonyl (C=O) groups is 1. The van der Waals surface area contributed by atoms with Crippen molar-refractivity contribution in [3.63, 3.8) is 0 Å². The van der Waals surface area contributed by atoms with Crippen molar-refractivity contribution in [3.8, 4) is 17.1 Å². The average molecular weight is 433 g/mol. The van der Waals surface area contributed by atoms with E-state index in [-0.39, 0.29) is 11.7 Å².